The van der Waals surface area contributed by atoms with E-state index < -0.39 is 9.84 Å². The summed E-state index contributed by atoms with van der Waals surface area (Å²) in [5, 5.41) is 3.35. The van der Waals surface area contributed by atoms with Gasteiger partial charge in [-0.25, -0.2) is 8.42 Å². The van der Waals surface area contributed by atoms with E-state index in [2.05, 4.69) is 5.32 Å². The summed E-state index contributed by atoms with van der Waals surface area (Å²) < 4.78 is 23.0. The Balaban J connectivity index is 1.39. The van der Waals surface area contributed by atoms with Crippen LogP contribution >= 0.6 is 0 Å². The van der Waals surface area contributed by atoms with E-state index in [1.807, 2.05) is 0 Å². The second kappa shape index (κ2) is 4.71. The smallest absolute Gasteiger partial charge is 0.220 e. The van der Waals surface area contributed by atoms with Gasteiger partial charge in [0.25, 0.3) is 0 Å². The highest BCUT2D eigenvalue weighted by molar-refractivity contribution is 7.91. The van der Waals surface area contributed by atoms with Crippen LogP contribution in [-0.2, 0) is 14.6 Å². The van der Waals surface area contributed by atoms with Crippen molar-refractivity contribution >= 4 is 15.7 Å². The lowest BCUT2D eigenvalue weighted by Crippen LogP contribution is -2.60. The topological polar surface area (TPSA) is 63.2 Å². The highest BCUT2D eigenvalue weighted by Crippen LogP contribution is 2.55. The van der Waals surface area contributed by atoms with E-state index in [0.29, 0.717) is 12.8 Å². The molecule has 118 valence electrons. The molecule has 1 aliphatic heterocycles. The van der Waals surface area contributed by atoms with Crippen LogP contribution in [0.5, 0.6) is 0 Å². The number of rotatable bonds is 3. The summed E-state index contributed by atoms with van der Waals surface area (Å²) >= 11 is 0. The molecule has 0 aromatic carbocycles. The van der Waals surface area contributed by atoms with Crippen molar-refractivity contribution < 1.29 is 13.2 Å². The van der Waals surface area contributed by atoms with Crippen molar-refractivity contribution in [3.63, 3.8) is 0 Å². The normalized spacial score (nSPS) is 46.7. The van der Waals surface area contributed by atoms with Crippen molar-refractivity contribution in [3.8, 4) is 0 Å². The average Bonchev–Trinajstić information content (AvgIpc) is 2.65. The number of hydrogen-bond donors (Lipinski definition) is 1. The van der Waals surface area contributed by atoms with Crippen LogP contribution in [-0.4, -0.2) is 31.4 Å². The summed E-state index contributed by atoms with van der Waals surface area (Å²) in [6.45, 7) is 0. The molecule has 0 aromatic rings. The largest absolute Gasteiger partial charge is 0.351 e. The lowest BCUT2D eigenvalue weighted by Gasteiger charge is -2.57. The van der Waals surface area contributed by atoms with Crippen LogP contribution in [0.2, 0.25) is 0 Å². The number of nitrogens with one attached hydrogen (secondary N) is 1. The lowest BCUT2D eigenvalue weighted by molar-refractivity contribution is -0.127. The Kier molecular flexibility index (Phi) is 3.15. The zero-order valence-corrected chi connectivity index (χ0v) is 13.3. The number of hydrogen-bond acceptors (Lipinski definition) is 3. The first kappa shape index (κ1) is 14.0. The van der Waals surface area contributed by atoms with Gasteiger partial charge in [0.05, 0.1) is 11.5 Å². The van der Waals surface area contributed by atoms with E-state index in [1.54, 1.807) is 0 Å². The van der Waals surface area contributed by atoms with E-state index in [-0.39, 0.29) is 28.9 Å². The molecule has 0 spiro atoms. The van der Waals surface area contributed by atoms with Crippen LogP contribution in [0.15, 0.2) is 0 Å². The standard InChI is InChI=1S/C16H25NO3S/c18-15(6-11-1-2-21(19,20)10-11)17-16-7-12-3-13(8-16)5-14(4-12)9-16/h11-14H,1-10H2,(H,17,18)/t11-,12?,13?,14?,16?/m0/s1. The molecular weight excluding hydrogens is 286 g/mol. The molecule has 1 saturated heterocycles. The zero-order valence-electron chi connectivity index (χ0n) is 12.5. The molecule has 4 aliphatic carbocycles. The first-order valence-corrected chi connectivity index (χ1v) is 10.2. The SMILES string of the molecule is O=C(C[C@@H]1CCS(=O)(=O)C1)NC12CC3CC(CC(C3)C1)C2. The molecule has 5 rings (SSSR count). The molecule has 5 fully saturated rings. The summed E-state index contributed by atoms with van der Waals surface area (Å²) in [7, 11) is -2.87. The summed E-state index contributed by atoms with van der Waals surface area (Å²) in [5.41, 5.74) is 0.0588. The Morgan fingerprint density at radius 1 is 1.05 bits per heavy atom. The van der Waals surface area contributed by atoms with Gasteiger partial charge in [0.15, 0.2) is 9.84 Å². The predicted octanol–water partition coefficient (Wildman–Crippen LogP) is 1.90. The number of sulfone groups is 1. The van der Waals surface area contributed by atoms with Gasteiger partial charge < -0.3 is 5.32 Å². The van der Waals surface area contributed by atoms with Gasteiger partial charge in [-0.15, -0.1) is 0 Å². The summed E-state index contributed by atoms with van der Waals surface area (Å²) in [6.07, 6.45) is 8.66. The molecule has 1 atom stereocenters. The van der Waals surface area contributed by atoms with Gasteiger partial charge in [0.1, 0.15) is 0 Å². The molecule has 4 nitrogen and oxygen atoms in total. The minimum Gasteiger partial charge on any atom is -0.351 e. The van der Waals surface area contributed by atoms with E-state index in [0.717, 1.165) is 37.0 Å². The Morgan fingerprint density at radius 3 is 2.10 bits per heavy atom. The number of amides is 1. The fraction of sp³-hybridized carbons (Fsp3) is 0.938. The molecule has 0 unspecified atom stereocenters. The first-order valence-electron chi connectivity index (χ1n) is 8.43. The van der Waals surface area contributed by atoms with Crippen molar-refractivity contribution in [3.05, 3.63) is 0 Å². The third kappa shape index (κ3) is 2.73. The monoisotopic (exact) mass is 311 g/mol. The Labute approximate surface area is 127 Å². The van der Waals surface area contributed by atoms with Crippen molar-refractivity contribution in [2.75, 3.05) is 11.5 Å². The van der Waals surface area contributed by atoms with Crippen LogP contribution in [0.1, 0.15) is 51.4 Å². The summed E-state index contributed by atoms with van der Waals surface area (Å²) in [5.74, 6) is 3.09. The van der Waals surface area contributed by atoms with Crippen molar-refractivity contribution in [1.82, 2.24) is 5.32 Å². The van der Waals surface area contributed by atoms with Gasteiger partial charge in [-0.2, -0.15) is 0 Å². The van der Waals surface area contributed by atoms with Crippen molar-refractivity contribution in [1.29, 1.82) is 0 Å². The van der Waals surface area contributed by atoms with Crippen LogP contribution in [0.4, 0.5) is 0 Å². The van der Waals surface area contributed by atoms with Gasteiger partial charge in [0.2, 0.25) is 5.91 Å². The molecule has 1 N–H and O–H groups in total. The molecule has 0 aromatic heterocycles. The summed E-state index contributed by atoms with van der Waals surface area (Å²) in [4.78, 5) is 12.4. The second-order valence-corrected chi connectivity index (χ2v) is 10.4. The fourth-order valence-corrected chi connectivity index (χ4v) is 7.77. The number of carbonyl (C=O) groups excluding carboxylic acids is 1. The van der Waals surface area contributed by atoms with E-state index in [4.69, 9.17) is 0 Å². The predicted molar refractivity (Wildman–Crippen MR) is 80.4 cm³/mol. The second-order valence-electron chi connectivity index (χ2n) is 8.22. The minimum absolute atomic E-state index is 0.0453. The minimum atomic E-state index is -2.87. The van der Waals surface area contributed by atoms with Gasteiger partial charge in [-0.3, -0.25) is 4.79 Å². The molecular formula is C16H25NO3S. The van der Waals surface area contributed by atoms with E-state index >= 15 is 0 Å². The van der Waals surface area contributed by atoms with Crippen LogP contribution in [0.3, 0.4) is 0 Å². The third-order valence-electron chi connectivity index (χ3n) is 6.24. The average molecular weight is 311 g/mol. The number of carbonyl (C=O) groups is 1. The maximum Gasteiger partial charge on any atom is 0.220 e. The highest BCUT2D eigenvalue weighted by Gasteiger charge is 2.51. The van der Waals surface area contributed by atoms with Gasteiger partial charge in [0, 0.05) is 12.0 Å². The fourth-order valence-electron chi connectivity index (χ4n) is 5.91. The molecule has 0 radical (unpaired) electrons. The first-order chi connectivity index (χ1) is 9.91. The van der Waals surface area contributed by atoms with Crippen LogP contribution < -0.4 is 5.32 Å². The Hall–Kier alpha value is -0.580. The Morgan fingerprint density at radius 2 is 1.62 bits per heavy atom. The lowest BCUT2D eigenvalue weighted by atomic mass is 9.53. The van der Waals surface area contributed by atoms with Gasteiger partial charge in [-0.1, -0.05) is 0 Å². The van der Waals surface area contributed by atoms with Gasteiger partial charge in [-0.05, 0) is 68.6 Å². The van der Waals surface area contributed by atoms with E-state index in [1.165, 1.54) is 19.3 Å². The molecule has 5 heteroatoms. The van der Waals surface area contributed by atoms with Crippen LogP contribution in [0.25, 0.3) is 0 Å². The quantitative estimate of drug-likeness (QED) is 0.866. The molecule has 4 bridgehead atoms. The molecule has 1 heterocycles. The molecule has 4 saturated carbocycles. The maximum atomic E-state index is 12.4. The van der Waals surface area contributed by atoms with E-state index in [9.17, 15) is 13.2 Å². The molecule has 21 heavy (non-hydrogen) atoms. The molecule has 1 amide bonds. The van der Waals surface area contributed by atoms with Crippen molar-refractivity contribution in [2.24, 2.45) is 23.7 Å². The summed E-state index contributed by atoms with van der Waals surface area (Å²) in [6, 6.07) is 0. The Bertz CT molecular complexity index is 519. The third-order valence-corrected chi connectivity index (χ3v) is 8.08. The van der Waals surface area contributed by atoms with Crippen LogP contribution in [0, 0.1) is 23.7 Å². The highest BCUT2D eigenvalue weighted by atomic mass is 32.2. The molecule has 5 aliphatic rings. The van der Waals surface area contributed by atoms with Crippen molar-refractivity contribution in [2.45, 2.75) is 56.9 Å². The maximum absolute atomic E-state index is 12.4. The van der Waals surface area contributed by atoms with Gasteiger partial charge >= 0.3 is 0 Å². The zero-order chi connectivity index (χ0) is 14.7.